The highest BCUT2D eigenvalue weighted by Crippen LogP contribution is 2.38. The van der Waals surface area contributed by atoms with E-state index < -0.39 is 13.9 Å². The molecule has 0 saturated carbocycles. The van der Waals surface area contributed by atoms with Gasteiger partial charge < -0.3 is 27.9 Å². The number of hydrogen-bond acceptors (Lipinski definition) is 7. The quantitative estimate of drug-likeness (QED) is 0.0199. The van der Waals surface area contributed by atoms with Gasteiger partial charge in [-0.15, -0.1) is 0 Å². The van der Waals surface area contributed by atoms with Crippen LogP contribution < -0.4 is 4.89 Å². The number of ether oxygens (including phenoxy) is 2. The minimum Gasteiger partial charge on any atom is -0.756 e. The monoisotopic (exact) mass is 834 g/mol. The zero-order valence-corrected chi connectivity index (χ0v) is 38.9. The molecule has 0 spiro atoms. The molecule has 0 aromatic rings. The van der Waals surface area contributed by atoms with E-state index in [1.165, 1.54) is 70.6 Å². The second-order valence-corrected chi connectivity index (χ2v) is 17.8. The van der Waals surface area contributed by atoms with Crippen molar-refractivity contribution in [2.75, 3.05) is 54.1 Å². The van der Waals surface area contributed by atoms with Crippen molar-refractivity contribution in [3.63, 3.8) is 0 Å². The van der Waals surface area contributed by atoms with Crippen LogP contribution in [0.1, 0.15) is 174 Å². The Morgan fingerprint density at radius 3 is 1.52 bits per heavy atom. The zero-order chi connectivity index (χ0) is 42.7. The molecule has 0 aliphatic heterocycles. The molecule has 0 amide bonds. The van der Waals surface area contributed by atoms with Crippen LogP contribution in [0.4, 0.5) is 0 Å². The lowest BCUT2D eigenvalue weighted by molar-refractivity contribution is -0.870. The first-order valence-electron chi connectivity index (χ1n) is 23.2. The Balaban J connectivity index is 4.27. The fraction of sp³-hybridized carbons (Fsp3) is 0.735. The van der Waals surface area contributed by atoms with E-state index in [0.29, 0.717) is 17.6 Å². The molecule has 8 nitrogen and oxygen atoms in total. The maximum absolute atomic E-state index is 12.7. The third-order valence-corrected chi connectivity index (χ3v) is 10.5. The molecular formula is C49H88NO7P. The Morgan fingerprint density at radius 1 is 0.552 bits per heavy atom. The first-order chi connectivity index (χ1) is 28.1. The van der Waals surface area contributed by atoms with Gasteiger partial charge in [0.2, 0.25) is 0 Å². The summed E-state index contributed by atoms with van der Waals surface area (Å²) in [6, 6.07) is 0. The maximum Gasteiger partial charge on any atom is 0.306 e. The second-order valence-electron chi connectivity index (χ2n) is 16.4. The highest BCUT2D eigenvalue weighted by molar-refractivity contribution is 7.45. The molecule has 0 saturated heterocycles. The molecule has 0 aromatic carbocycles. The van der Waals surface area contributed by atoms with Gasteiger partial charge in [0.15, 0.2) is 0 Å². The van der Waals surface area contributed by atoms with Gasteiger partial charge in [0.1, 0.15) is 19.3 Å². The molecule has 0 aliphatic carbocycles. The van der Waals surface area contributed by atoms with Gasteiger partial charge in [-0.25, -0.2) is 0 Å². The predicted octanol–water partition coefficient (Wildman–Crippen LogP) is 13.3. The molecule has 2 atom stereocenters. The number of phosphoric ester groups is 1. The predicted molar refractivity (Wildman–Crippen MR) is 245 cm³/mol. The van der Waals surface area contributed by atoms with Crippen LogP contribution in [0, 0.1) is 0 Å². The van der Waals surface area contributed by atoms with Crippen molar-refractivity contribution in [2.45, 2.75) is 180 Å². The number of nitrogens with zero attached hydrogens (tertiary/aromatic N) is 1. The van der Waals surface area contributed by atoms with E-state index in [4.69, 9.17) is 18.5 Å². The van der Waals surface area contributed by atoms with E-state index in [9.17, 15) is 14.3 Å². The molecule has 0 fully saturated rings. The van der Waals surface area contributed by atoms with Gasteiger partial charge in [0, 0.05) is 13.0 Å². The number of carbonyl (C=O) groups excluding carboxylic acids is 1. The van der Waals surface area contributed by atoms with E-state index in [0.717, 1.165) is 83.5 Å². The summed E-state index contributed by atoms with van der Waals surface area (Å²) >= 11 is 0. The van der Waals surface area contributed by atoms with Gasteiger partial charge in [-0.05, 0) is 83.5 Å². The number of carbonyl (C=O) groups is 1. The molecular weight excluding hydrogens is 746 g/mol. The lowest BCUT2D eigenvalue weighted by Gasteiger charge is -2.28. The van der Waals surface area contributed by atoms with E-state index in [1.807, 2.05) is 21.1 Å². The largest absolute Gasteiger partial charge is 0.756 e. The van der Waals surface area contributed by atoms with Crippen LogP contribution in [0.2, 0.25) is 0 Å². The number of likely N-dealkylation sites (N-methyl/N-ethyl adjacent to an activating group) is 1. The number of esters is 1. The highest BCUT2D eigenvalue weighted by atomic mass is 31.2. The highest BCUT2D eigenvalue weighted by Gasteiger charge is 2.20. The molecule has 0 rings (SSSR count). The van der Waals surface area contributed by atoms with Crippen molar-refractivity contribution in [1.82, 2.24) is 0 Å². The van der Waals surface area contributed by atoms with E-state index in [2.05, 4.69) is 86.8 Å². The Bertz CT molecular complexity index is 1150. The Morgan fingerprint density at radius 2 is 1.00 bits per heavy atom. The van der Waals surface area contributed by atoms with Crippen LogP contribution in [0.5, 0.6) is 0 Å². The Kier molecular flexibility index (Phi) is 40.2. The standard InChI is InChI=1S/C49H88NO7P/c1-6-8-10-12-14-16-18-20-22-23-24-25-26-27-28-30-32-34-36-38-40-42-49(51)57-48(47-56-58(52,53)55-45-43-50(3,4)5)46-54-44-41-39-37-35-33-31-29-21-19-17-15-13-11-9-7-2/h8,10,14,16,19-22,24-25,27-28,48H,6-7,9,11-13,15,17-18,23,26,29-47H2,1-5H3/b10-8-,16-14-,21-19-,22-20-,25-24-,28-27-. The molecule has 0 bridgehead atoms. The minimum absolute atomic E-state index is 0.0173. The molecule has 0 radical (unpaired) electrons. The normalized spacial score (nSPS) is 14.4. The van der Waals surface area contributed by atoms with Gasteiger partial charge >= 0.3 is 5.97 Å². The van der Waals surface area contributed by atoms with Crippen LogP contribution in [0.25, 0.3) is 0 Å². The number of phosphoric acid groups is 1. The van der Waals surface area contributed by atoms with Gasteiger partial charge in [-0.1, -0.05) is 157 Å². The summed E-state index contributed by atoms with van der Waals surface area (Å²) in [4.78, 5) is 25.1. The van der Waals surface area contributed by atoms with Gasteiger partial charge in [-0.2, -0.15) is 0 Å². The summed E-state index contributed by atoms with van der Waals surface area (Å²) < 4.78 is 34.6. The van der Waals surface area contributed by atoms with E-state index in [1.54, 1.807) is 0 Å². The van der Waals surface area contributed by atoms with Crippen molar-refractivity contribution < 1.29 is 37.3 Å². The Hall–Kier alpha value is -2.06. The third kappa shape index (κ3) is 45.0. The van der Waals surface area contributed by atoms with Gasteiger partial charge in [0.25, 0.3) is 7.82 Å². The van der Waals surface area contributed by atoms with E-state index in [-0.39, 0.29) is 32.2 Å². The van der Waals surface area contributed by atoms with Crippen LogP contribution in [-0.2, 0) is 27.9 Å². The summed E-state index contributed by atoms with van der Waals surface area (Å²) in [5.74, 6) is -0.357. The molecule has 0 aromatic heterocycles. The summed E-state index contributed by atoms with van der Waals surface area (Å²) in [6.07, 6.45) is 53.4. The third-order valence-electron chi connectivity index (χ3n) is 9.49. The fourth-order valence-corrected chi connectivity index (χ4v) is 6.65. The smallest absolute Gasteiger partial charge is 0.306 e. The molecule has 2 unspecified atom stereocenters. The number of rotatable bonds is 42. The maximum atomic E-state index is 12.7. The average molecular weight is 834 g/mol. The van der Waals surface area contributed by atoms with Crippen LogP contribution in [0.3, 0.4) is 0 Å². The molecule has 58 heavy (non-hydrogen) atoms. The van der Waals surface area contributed by atoms with Crippen molar-refractivity contribution in [3.8, 4) is 0 Å². The molecule has 0 N–H and O–H groups in total. The second kappa shape index (κ2) is 41.7. The van der Waals surface area contributed by atoms with E-state index >= 15 is 0 Å². The Labute approximate surface area is 357 Å². The summed E-state index contributed by atoms with van der Waals surface area (Å²) in [7, 11) is 1.33. The van der Waals surface area contributed by atoms with Crippen LogP contribution in [0.15, 0.2) is 72.9 Å². The van der Waals surface area contributed by atoms with Crippen LogP contribution in [-0.4, -0.2) is 70.7 Å². The van der Waals surface area contributed by atoms with Crippen molar-refractivity contribution >= 4 is 13.8 Å². The van der Waals surface area contributed by atoms with Crippen molar-refractivity contribution in [3.05, 3.63) is 72.9 Å². The molecule has 336 valence electrons. The lowest BCUT2D eigenvalue weighted by Crippen LogP contribution is -2.37. The summed E-state index contributed by atoms with van der Waals surface area (Å²) in [6.45, 7) is 5.24. The molecule has 9 heteroatoms. The number of unbranched alkanes of at least 4 members (excludes halogenated alkanes) is 16. The topological polar surface area (TPSA) is 94.1 Å². The van der Waals surface area contributed by atoms with Crippen LogP contribution >= 0.6 is 7.82 Å². The zero-order valence-electron chi connectivity index (χ0n) is 38.0. The average Bonchev–Trinajstić information content (AvgIpc) is 3.18. The van der Waals surface area contributed by atoms with Crippen molar-refractivity contribution in [2.24, 2.45) is 0 Å². The molecule has 0 heterocycles. The summed E-state index contributed by atoms with van der Waals surface area (Å²) in [5.41, 5.74) is 0. The number of allylic oxidation sites excluding steroid dienone is 12. The number of hydrogen-bond donors (Lipinski definition) is 0. The number of quaternary nitrogens is 1. The lowest BCUT2D eigenvalue weighted by atomic mass is 10.1. The first-order valence-corrected chi connectivity index (χ1v) is 24.6. The fourth-order valence-electron chi connectivity index (χ4n) is 5.92. The SMILES string of the molecule is CC/C=C\C/C=C\C/C=C\C/C=C\C/C=C\CCCCCCCC(=O)OC(COCCCCCCCC/C=C\CCCCCCC)COP(=O)([O-])OCC[N+](C)(C)C. The molecule has 0 aliphatic rings. The summed E-state index contributed by atoms with van der Waals surface area (Å²) in [5, 5.41) is 0. The van der Waals surface area contributed by atoms with Crippen molar-refractivity contribution in [1.29, 1.82) is 0 Å². The minimum atomic E-state index is -4.54. The van der Waals surface area contributed by atoms with Gasteiger partial charge in [-0.3, -0.25) is 9.36 Å². The van der Waals surface area contributed by atoms with Gasteiger partial charge in [0.05, 0.1) is 34.4 Å². The first kappa shape index (κ1) is 55.9.